The van der Waals surface area contributed by atoms with Gasteiger partial charge < -0.3 is 9.90 Å². The summed E-state index contributed by atoms with van der Waals surface area (Å²) in [6.45, 7) is 0. The number of alkyl halides is 3. The average molecular weight is 262 g/mol. The zero-order valence-electron chi connectivity index (χ0n) is 7.30. The summed E-state index contributed by atoms with van der Waals surface area (Å²) < 4.78 is 60.9. The van der Waals surface area contributed by atoms with Gasteiger partial charge in [0.1, 0.15) is 18.4 Å². The second kappa shape index (κ2) is 4.94. The van der Waals surface area contributed by atoms with Gasteiger partial charge >= 0.3 is 16.5 Å². The number of aromatic amines is 1. The maximum atomic E-state index is 10.5. The maximum Gasteiger partial charge on any atom is 0.439 e. The van der Waals surface area contributed by atoms with Gasteiger partial charge in [0.2, 0.25) is 0 Å². The first-order chi connectivity index (χ1) is 7.05. The Balaban J connectivity index is 0.000000293. The molecule has 0 aliphatic heterocycles. The van der Waals surface area contributed by atoms with Crippen LogP contribution in [0.2, 0.25) is 0 Å². The number of aromatic nitrogens is 2. The van der Waals surface area contributed by atoms with Crippen molar-refractivity contribution < 1.29 is 40.0 Å². The molecule has 0 fully saturated rings. The van der Waals surface area contributed by atoms with Crippen molar-refractivity contribution in [1.29, 1.82) is 0 Å². The normalized spacial score (nSPS) is 11.5. The monoisotopic (exact) mass is 262 g/mol. The molecule has 0 saturated heterocycles. The van der Waals surface area contributed by atoms with Crippen molar-refractivity contribution >= 4 is 16.3 Å². The number of carboxylic acids is 1. The molecule has 0 bridgehead atoms. The van der Waals surface area contributed by atoms with Crippen LogP contribution in [-0.4, -0.2) is 30.1 Å². The van der Waals surface area contributed by atoms with E-state index in [1.165, 1.54) is 12.4 Å². The van der Waals surface area contributed by atoms with Crippen LogP contribution in [0.15, 0.2) is 18.7 Å². The molecule has 0 radical (unpaired) electrons. The van der Waals surface area contributed by atoms with E-state index in [0.717, 1.165) is 6.33 Å². The lowest BCUT2D eigenvalue weighted by molar-refractivity contribution is -0.517. The minimum Gasteiger partial charge on any atom is -0.542 e. The highest BCUT2D eigenvalue weighted by atomic mass is 32.2. The number of halogens is 3. The van der Waals surface area contributed by atoms with Gasteiger partial charge in [-0.05, 0) is 0 Å². The van der Waals surface area contributed by atoms with Crippen LogP contribution in [0.5, 0.6) is 0 Å². The van der Waals surface area contributed by atoms with E-state index in [1.807, 2.05) is 0 Å². The lowest BCUT2D eigenvalue weighted by Gasteiger charge is -2.03. The molecule has 0 unspecified atom stereocenters. The van der Waals surface area contributed by atoms with E-state index in [4.69, 9.17) is 14.5 Å². The Morgan fingerprint density at radius 2 is 1.88 bits per heavy atom. The highest BCUT2D eigenvalue weighted by Crippen LogP contribution is 2.11. The quantitative estimate of drug-likeness (QED) is 0.460. The van der Waals surface area contributed by atoms with E-state index in [9.17, 15) is 21.6 Å². The molecule has 7 nitrogen and oxygen atoms in total. The largest absolute Gasteiger partial charge is 0.542 e. The molecule has 1 aromatic rings. The van der Waals surface area contributed by atoms with E-state index < -0.39 is 22.4 Å². The maximum absolute atomic E-state index is 10.5. The Labute approximate surface area is 87.0 Å². The van der Waals surface area contributed by atoms with Gasteiger partial charge in [-0.25, -0.2) is 4.98 Å². The van der Waals surface area contributed by atoms with E-state index in [1.54, 1.807) is 0 Å². The fourth-order valence-electron chi connectivity index (χ4n) is 0.420. The Kier molecular flexibility index (Phi) is 4.44. The van der Waals surface area contributed by atoms with Gasteiger partial charge in [-0.1, -0.05) is 0 Å². The topological polar surface area (TPSA) is 114 Å². The second-order valence-corrected chi connectivity index (χ2v) is 3.52. The summed E-state index contributed by atoms with van der Waals surface area (Å²) in [6.07, 6.45) is -1.50. The highest BCUT2D eigenvalue weighted by Gasteiger charge is 2.28. The lowest BCUT2D eigenvalue weighted by Crippen LogP contribution is -2.39. The average Bonchev–Trinajstić information content (AvgIpc) is 2.52. The van der Waals surface area contributed by atoms with Crippen molar-refractivity contribution in [2.45, 2.75) is 6.18 Å². The van der Waals surface area contributed by atoms with Gasteiger partial charge in [-0.15, -0.1) is 3.97 Å². The van der Waals surface area contributed by atoms with Crippen molar-refractivity contribution in [3.8, 4) is 0 Å². The Bertz CT molecular complexity index is 437. The summed E-state index contributed by atoms with van der Waals surface area (Å²) >= 11 is 0. The number of hydrogen-bond acceptors (Lipinski definition) is 4. The third-order valence-electron chi connectivity index (χ3n) is 1.02. The Morgan fingerprint density at radius 1 is 1.44 bits per heavy atom. The first-order valence-electron chi connectivity index (χ1n) is 3.35. The van der Waals surface area contributed by atoms with Gasteiger partial charge in [0.25, 0.3) is 6.33 Å². The van der Waals surface area contributed by atoms with Crippen LogP contribution >= 0.6 is 0 Å². The minimum absolute atomic E-state index is 0.660. The third kappa shape index (κ3) is 5.31. The Morgan fingerprint density at radius 3 is 2.00 bits per heavy atom. The fraction of sp³-hybridized carbons (Fsp3) is 0.200. The summed E-state index contributed by atoms with van der Waals surface area (Å²) in [6, 6.07) is 0. The lowest BCUT2D eigenvalue weighted by atomic mass is 10.7. The number of carbonyl (C=O) groups excluding carboxylic acids is 1. The number of carboxylic acid groups (broad SMARTS) is 1. The zero-order valence-corrected chi connectivity index (χ0v) is 8.12. The summed E-state index contributed by atoms with van der Waals surface area (Å²) in [5, 5.41) is 8.78. The second-order valence-electron chi connectivity index (χ2n) is 2.20. The molecule has 1 rings (SSSR count). The third-order valence-corrected chi connectivity index (χ3v) is 1.78. The van der Waals surface area contributed by atoms with Crippen LogP contribution in [0, 0.1) is 0 Å². The molecule has 0 aliphatic rings. The van der Waals surface area contributed by atoms with Gasteiger partial charge in [-0.2, -0.15) is 21.6 Å². The first-order valence-corrected chi connectivity index (χ1v) is 4.75. The molecule has 1 aromatic heterocycles. The molecule has 0 aromatic carbocycles. The van der Waals surface area contributed by atoms with Crippen LogP contribution in [0.4, 0.5) is 13.2 Å². The summed E-state index contributed by atoms with van der Waals surface area (Å²) in [5.74, 6) is -3.01. The molecule has 16 heavy (non-hydrogen) atoms. The van der Waals surface area contributed by atoms with Crippen LogP contribution < -0.4 is 9.08 Å². The smallest absolute Gasteiger partial charge is 0.439 e. The molecule has 11 heteroatoms. The number of hydrogen-bond donors (Lipinski definition) is 2. The van der Waals surface area contributed by atoms with Crippen LogP contribution in [-0.2, 0) is 15.1 Å². The van der Waals surface area contributed by atoms with Crippen LogP contribution in [0.25, 0.3) is 0 Å². The van der Waals surface area contributed by atoms with E-state index in [0.29, 0.717) is 3.97 Å². The van der Waals surface area contributed by atoms with E-state index in [-0.39, 0.29) is 0 Å². The summed E-state index contributed by atoms with van der Waals surface area (Å²) in [7, 11) is -4.07. The van der Waals surface area contributed by atoms with Crippen molar-refractivity contribution in [2.75, 3.05) is 0 Å². The zero-order chi connectivity index (χ0) is 13.0. The van der Waals surface area contributed by atoms with Gasteiger partial charge in [0.15, 0.2) is 0 Å². The number of carbonyl (C=O) groups is 1. The van der Waals surface area contributed by atoms with Crippen LogP contribution in [0.3, 0.4) is 0 Å². The number of rotatable bonds is 1. The van der Waals surface area contributed by atoms with E-state index in [2.05, 4.69) is 4.98 Å². The SMILES string of the molecule is O=C([O-])C(F)(F)F.O=S(=O)(O)[n+]1cc[nH]c1. The van der Waals surface area contributed by atoms with E-state index >= 15 is 0 Å². The number of nitrogens with one attached hydrogen (secondary N) is 1. The van der Waals surface area contributed by atoms with Crippen molar-refractivity contribution in [2.24, 2.45) is 0 Å². The molecule has 1 heterocycles. The van der Waals surface area contributed by atoms with Crippen molar-refractivity contribution in [3.05, 3.63) is 18.7 Å². The standard InChI is InChI=1S/C3H4N2O3S.C2HF3O2/c6-9(7,8)5-2-1-4-3-5;3-2(4,5)1(6)7/h1-3H,(H,6,7,8);(H,6,7). The molecule has 0 spiro atoms. The summed E-state index contributed by atoms with van der Waals surface area (Å²) in [5.41, 5.74) is 0. The predicted octanol–water partition coefficient (Wildman–Crippen LogP) is -1.75. The highest BCUT2D eigenvalue weighted by molar-refractivity contribution is 7.79. The fourth-order valence-corrected chi connectivity index (χ4v) is 0.828. The van der Waals surface area contributed by atoms with Gasteiger partial charge in [0.05, 0.1) is 0 Å². The van der Waals surface area contributed by atoms with Crippen molar-refractivity contribution in [1.82, 2.24) is 4.98 Å². The number of aliphatic carboxylic acids is 1. The number of H-pyrrole nitrogens is 1. The van der Waals surface area contributed by atoms with Gasteiger partial charge in [0, 0.05) is 0 Å². The predicted molar refractivity (Wildman–Crippen MR) is 39.0 cm³/mol. The summed E-state index contributed by atoms with van der Waals surface area (Å²) in [4.78, 5) is 11.2. The molecule has 0 saturated carbocycles. The number of nitrogens with zero attached hydrogens (tertiary/aromatic N) is 1. The molecule has 0 amide bonds. The molecule has 2 N–H and O–H groups in total. The van der Waals surface area contributed by atoms with Gasteiger partial charge in [-0.3, -0.25) is 4.55 Å². The Hall–Kier alpha value is -1.62. The molecule has 92 valence electrons. The first kappa shape index (κ1) is 14.4. The molecule has 0 atom stereocenters. The molecule has 0 aliphatic carbocycles. The van der Waals surface area contributed by atoms with Crippen LogP contribution in [0.1, 0.15) is 0 Å². The number of imidazole rings is 1. The molecular weight excluding hydrogens is 257 g/mol. The van der Waals surface area contributed by atoms with Crippen molar-refractivity contribution in [3.63, 3.8) is 0 Å². The molecular formula is C5H5F3N2O5S. The minimum atomic E-state index is -5.19.